The van der Waals surface area contributed by atoms with Gasteiger partial charge in [-0.25, -0.2) is 0 Å². The van der Waals surface area contributed by atoms with E-state index in [1.165, 1.54) is 0 Å². The molecule has 0 atom stereocenters. The maximum atomic E-state index is 5.99. The molecule has 0 amide bonds. The fraction of sp³-hybridized carbons (Fsp3) is 1.00. The molecule has 0 N–H and O–H groups in total. The van der Waals surface area contributed by atoms with Crippen LogP contribution in [0.1, 0.15) is 41.5 Å². The standard InChI is InChI=1S/C20H46N2O6Si2/c1-7-23-29(24-8-2,25-9-3)19-17-21-13-15-22(16-14-21)18-20-30(26-10-4,27-11-5)28-12-6/h7-20H2,1-6H3. The maximum Gasteiger partial charge on any atom is 0.502 e. The molecule has 8 nitrogen and oxygen atoms in total. The molecule has 10 heteroatoms. The van der Waals surface area contributed by atoms with Gasteiger partial charge in [-0.05, 0) is 41.5 Å². The monoisotopic (exact) mass is 466 g/mol. The molecule has 0 radical (unpaired) electrons. The van der Waals surface area contributed by atoms with E-state index >= 15 is 0 Å². The van der Waals surface area contributed by atoms with Crippen LogP contribution in [-0.2, 0) is 26.6 Å². The molecule has 30 heavy (non-hydrogen) atoms. The van der Waals surface area contributed by atoms with Gasteiger partial charge in [0.25, 0.3) is 0 Å². The van der Waals surface area contributed by atoms with Crippen LogP contribution < -0.4 is 0 Å². The van der Waals surface area contributed by atoms with Gasteiger partial charge in [0, 0.05) is 91.0 Å². The third-order valence-corrected chi connectivity index (χ3v) is 11.2. The predicted octanol–water partition coefficient (Wildman–Crippen LogP) is 2.70. The summed E-state index contributed by atoms with van der Waals surface area (Å²) in [5, 5.41) is 0. The lowest BCUT2D eigenvalue weighted by Gasteiger charge is -2.37. The lowest BCUT2D eigenvalue weighted by Crippen LogP contribution is -2.53. The summed E-state index contributed by atoms with van der Waals surface area (Å²) in [7, 11) is -5.13. The molecule has 1 aliphatic rings. The van der Waals surface area contributed by atoms with E-state index in [0.29, 0.717) is 39.6 Å². The molecular weight excluding hydrogens is 420 g/mol. The molecule has 0 saturated carbocycles. The first-order chi connectivity index (χ1) is 14.5. The molecule has 180 valence electrons. The Morgan fingerprint density at radius 3 is 0.900 bits per heavy atom. The van der Waals surface area contributed by atoms with Gasteiger partial charge in [0.2, 0.25) is 0 Å². The molecule has 1 rings (SSSR count). The molecule has 0 aromatic carbocycles. The number of piperazine rings is 1. The van der Waals surface area contributed by atoms with Crippen LogP contribution in [0.4, 0.5) is 0 Å². The smallest absolute Gasteiger partial charge is 0.374 e. The summed E-state index contributed by atoms with van der Waals surface area (Å²) in [6, 6.07) is 1.69. The van der Waals surface area contributed by atoms with Gasteiger partial charge in [-0.1, -0.05) is 0 Å². The van der Waals surface area contributed by atoms with Crippen LogP contribution in [0.15, 0.2) is 0 Å². The van der Waals surface area contributed by atoms with Crippen LogP contribution in [0.25, 0.3) is 0 Å². The van der Waals surface area contributed by atoms with Crippen molar-refractivity contribution in [2.24, 2.45) is 0 Å². The zero-order valence-electron chi connectivity index (χ0n) is 20.2. The Kier molecular flexibility index (Phi) is 14.9. The highest BCUT2D eigenvalue weighted by Crippen LogP contribution is 2.19. The Balaban J connectivity index is 2.49. The second-order valence-corrected chi connectivity index (χ2v) is 12.6. The topological polar surface area (TPSA) is 61.9 Å². The second-order valence-electron chi connectivity index (χ2n) is 7.15. The molecule has 0 aromatic heterocycles. The Hall–Kier alpha value is 0.114. The Morgan fingerprint density at radius 2 is 0.700 bits per heavy atom. The van der Waals surface area contributed by atoms with E-state index in [1.807, 2.05) is 41.5 Å². The highest BCUT2D eigenvalue weighted by molar-refractivity contribution is 6.61. The van der Waals surface area contributed by atoms with E-state index < -0.39 is 17.6 Å². The summed E-state index contributed by atoms with van der Waals surface area (Å²) in [4.78, 5) is 4.99. The number of nitrogens with zero attached hydrogens (tertiary/aromatic N) is 2. The van der Waals surface area contributed by atoms with Crippen molar-refractivity contribution in [3.8, 4) is 0 Å². The van der Waals surface area contributed by atoms with Crippen molar-refractivity contribution in [1.82, 2.24) is 9.80 Å². The van der Waals surface area contributed by atoms with Crippen molar-refractivity contribution in [1.29, 1.82) is 0 Å². The normalized spacial score (nSPS) is 17.0. The van der Waals surface area contributed by atoms with Crippen LogP contribution in [0.2, 0.25) is 12.1 Å². The van der Waals surface area contributed by atoms with Crippen LogP contribution in [0.5, 0.6) is 0 Å². The van der Waals surface area contributed by atoms with Crippen molar-refractivity contribution in [3.63, 3.8) is 0 Å². The van der Waals surface area contributed by atoms with Crippen LogP contribution in [0, 0.1) is 0 Å². The molecule has 1 saturated heterocycles. The van der Waals surface area contributed by atoms with Gasteiger partial charge < -0.3 is 36.4 Å². The number of hydrogen-bond donors (Lipinski definition) is 0. The number of rotatable bonds is 18. The van der Waals surface area contributed by atoms with Gasteiger partial charge in [-0.15, -0.1) is 0 Å². The summed E-state index contributed by atoms with van der Waals surface area (Å²) < 4.78 is 35.9. The van der Waals surface area contributed by atoms with E-state index in [4.69, 9.17) is 26.6 Å². The van der Waals surface area contributed by atoms with E-state index in [1.54, 1.807) is 0 Å². The van der Waals surface area contributed by atoms with E-state index in [-0.39, 0.29) is 0 Å². The first-order valence-corrected chi connectivity index (χ1v) is 15.7. The third-order valence-electron chi connectivity index (χ3n) is 5.12. The van der Waals surface area contributed by atoms with Crippen molar-refractivity contribution in [2.75, 3.05) is 78.9 Å². The lowest BCUT2D eigenvalue weighted by molar-refractivity contribution is 0.0593. The summed E-state index contributed by atoms with van der Waals surface area (Å²) in [5.41, 5.74) is 0. The van der Waals surface area contributed by atoms with Gasteiger partial charge in [-0.2, -0.15) is 0 Å². The van der Waals surface area contributed by atoms with Gasteiger partial charge in [-0.3, -0.25) is 0 Å². The molecule has 0 spiro atoms. The van der Waals surface area contributed by atoms with Crippen LogP contribution in [-0.4, -0.2) is 106 Å². The van der Waals surface area contributed by atoms with E-state index in [9.17, 15) is 0 Å². The van der Waals surface area contributed by atoms with Gasteiger partial charge in [0.15, 0.2) is 0 Å². The lowest BCUT2D eigenvalue weighted by atomic mass is 10.3. The highest BCUT2D eigenvalue weighted by atomic mass is 28.4. The highest BCUT2D eigenvalue weighted by Gasteiger charge is 2.42. The van der Waals surface area contributed by atoms with E-state index in [2.05, 4.69) is 9.80 Å². The molecule has 1 aliphatic heterocycles. The minimum atomic E-state index is -2.56. The van der Waals surface area contributed by atoms with Crippen LogP contribution in [0.3, 0.4) is 0 Å². The molecule has 0 aromatic rings. The van der Waals surface area contributed by atoms with Crippen molar-refractivity contribution >= 4 is 17.6 Å². The molecular formula is C20H46N2O6Si2. The van der Waals surface area contributed by atoms with Crippen molar-refractivity contribution in [2.45, 2.75) is 53.6 Å². The Morgan fingerprint density at radius 1 is 0.467 bits per heavy atom. The maximum absolute atomic E-state index is 5.99. The molecule has 0 bridgehead atoms. The fourth-order valence-electron chi connectivity index (χ4n) is 3.83. The average molecular weight is 467 g/mol. The first kappa shape index (κ1) is 28.1. The van der Waals surface area contributed by atoms with Crippen LogP contribution >= 0.6 is 0 Å². The zero-order chi connectivity index (χ0) is 22.3. The first-order valence-electron chi connectivity index (χ1n) is 11.8. The van der Waals surface area contributed by atoms with Crippen molar-refractivity contribution < 1.29 is 26.6 Å². The fourth-order valence-corrected chi connectivity index (χ4v) is 9.01. The average Bonchev–Trinajstić information content (AvgIpc) is 2.73. The summed E-state index contributed by atoms with van der Waals surface area (Å²) in [5.74, 6) is 0. The molecule has 1 heterocycles. The summed E-state index contributed by atoms with van der Waals surface area (Å²) in [6.45, 7) is 21.9. The largest absolute Gasteiger partial charge is 0.502 e. The number of hydrogen-bond acceptors (Lipinski definition) is 8. The van der Waals surface area contributed by atoms with Gasteiger partial charge in [0.1, 0.15) is 0 Å². The van der Waals surface area contributed by atoms with Gasteiger partial charge >= 0.3 is 17.6 Å². The SMILES string of the molecule is CCO[Si](CCN1CCN(CC[Si](OCC)(OCC)OCC)CC1)(OCC)OCC. The van der Waals surface area contributed by atoms with Crippen molar-refractivity contribution in [3.05, 3.63) is 0 Å². The Labute approximate surface area is 186 Å². The third kappa shape index (κ3) is 9.72. The zero-order valence-corrected chi connectivity index (χ0v) is 22.2. The Bertz CT molecular complexity index is 356. The molecule has 0 unspecified atom stereocenters. The molecule has 0 aliphatic carbocycles. The predicted molar refractivity (Wildman–Crippen MR) is 124 cm³/mol. The summed E-state index contributed by atoms with van der Waals surface area (Å²) >= 11 is 0. The van der Waals surface area contributed by atoms with E-state index in [0.717, 1.165) is 51.4 Å². The van der Waals surface area contributed by atoms with Gasteiger partial charge in [0.05, 0.1) is 0 Å². The summed E-state index contributed by atoms with van der Waals surface area (Å²) in [6.07, 6.45) is 0. The second kappa shape index (κ2) is 15.8. The minimum Gasteiger partial charge on any atom is -0.374 e. The quantitative estimate of drug-likeness (QED) is 0.286. The molecule has 1 fully saturated rings. The minimum absolute atomic E-state index is 0.630.